The van der Waals surface area contributed by atoms with Crippen LogP contribution in [0.25, 0.3) is 0 Å². The maximum atomic E-state index is 10.5. The number of carboxylic acid groups (broad SMARTS) is 1. The van der Waals surface area contributed by atoms with Crippen LogP contribution in [0.1, 0.15) is 12.0 Å². The molecule has 92 valence electrons. The van der Waals surface area contributed by atoms with Gasteiger partial charge in [0.15, 0.2) is 0 Å². The first-order valence-electron chi connectivity index (χ1n) is 5.60. The lowest BCUT2D eigenvalue weighted by molar-refractivity contribution is -0.139. The first-order chi connectivity index (χ1) is 8.17. The minimum atomic E-state index is -0.708. The van der Waals surface area contributed by atoms with E-state index in [0.29, 0.717) is 11.8 Å². The number of aliphatic carboxylic acids is 1. The van der Waals surface area contributed by atoms with Crippen molar-refractivity contribution in [1.29, 1.82) is 0 Å². The number of hydrogen-bond acceptors (Lipinski definition) is 4. The second-order valence-electron chi connectivity index (χ2n) is 4.37. The molecule has 0 saturated carbocycles. The lowest BCUT2D eigenvalue weighted by Crippen LogP contribution is -2.46. The van der Waals surface area contributed by atoms with Crippen molar-refractivity contribution < 1.29 is 14.6 Å². The molecule has 0 radical (unpaired) electrons. The van der Waals surface area contributed by atoms with Gasteiger partial charge >= 0.3 is 5.97 Å². The Balaban J connectivity index is 1.77. The van der Waals surface area contributed by atoms with Gasteiger partial charge in [0.25, 0.3) is 0 Å². The molecule has 0 amide bonds. The standard InChI is InChI=1S/C12H16N2O3/c1-17-11-3-2-9(5-13-11)6-14-7-10(8-14)4-12(15)16/h2-3,5,10H,4,6-8H2,1H3,(H,15,16). The normalized spacial score (nSPS) is 16.5. The largest absolute Gasteiger partial charge is 0.481 e. The molecule has 1 aromatic rings. The Morgan fingerprint density at radius 3 is 2.88 bits per heavy atom. The van der Waals surface area contributed by atoms with Crippen LogP contribution in [0.4, 0.5) is 0 Å². The summed E-state index contributed by atoms with van der Waals surface area (Å²) in [5, 5.41) is 8.64. The highest BCUT2D eigenvalue weighted by molar-refractivity contribution is 5.67. The van der Waals surface area contributed by atoms with Crippen LogP contribution < -0.4 is 4.74 Å². The molecule has 1 saturated heterocycles. The lowest BCUT2D eigenvalue weighted by atomic mass is 9.96. The van der Waals surface area contributed by atoms with E-state index in [1.54, 1.807) is 13.3 Å². The number of methoxy groups -OCH3 is 1. The van der Waals surface area contributed by atoms with E-state index in [1.807, 2.05) is 12.1 Å². The fourth-order valence-corrected chi connectivity index (χ4v) is 2.07. The molecule has 1 N–H and O–H groups in total. The smallest absolute Gasteiger partial charge is 0.303 e. The summed E-state index contributed by atoms with van der Waals surface area (Å²) in [4.78, 5) is 16.8. The van der Waals surface area contributed by atoms with Crippen molar-refractivity contribution in [3.05, 3.63) is 23.9 Å². The Hall–Kier alpha value is -1.62. The van der Waals surface area contributed by atoms with Crippen molar-refractivity contribution >= 4 is 5.97 Å². The van der Waals surface area contributed by atoms with Gasteiger partial charge in [0.1, 0.15) is 0 Å². The second-order valence-corrected chi connectivity index (χ2v) is 4.37. The summed E-state index contributed by atoms with van der Waals surface area (Å²) in [7, 11) is 1.59. The minimum absolute atomic E-state index is 0.275. The van der Waals surface area contributed by atoms with Crippen LogP contribution in [0.5, 0.6) is 5.88 Å². The molecule has 2 heterocycles. The molecule has 0 aromatic carbocycles. The van der Waals surface area contributed by atoms with Gasteiger partial charge in [-0.15, -0.1) is 0 Å². The highest BCUT2D eigenvalue weighted by Crippen LogP contribution is 2.21. The van der Waals surface area contributed by atoms with Gasteiger partial charge in [0.2, 0.25) is 5.88 Å². The van der Waals surface area contributed by atoms with E-state index in [0.717, 1.165) is 25.2 Å². The summed E-state index contributed by atoms with van der Waals surface area (Å²) in [5.74, 6) is 0.209. The number of nitrogens with zero attached hydrogens (tertiary/aromatic N) is 2. The highest BCUT2D eigenvalue weighted by Gasteiger charge is 2.28. The predicted molar refractivity (Wildman–Crippen MR) is 61.8 cm³/mol. The van der Waals surface area contributed by atoms with E-state index in [-0.39, 0.29) is 6.42 Å². The van der Waals surface area contributed by atoms with Crippen LogP contribution in [0.15, 0.2) is 18.3 Å². The van der Waals surface area contributed by atoms with E-state index in [4.69, 9.17) is 9.84 Å². The average Bonchev–Trinajstić information content (AvgIpc) is 2.26. The summed E-state index contributed by atoms with van der Waals surface area (Å²) < 4.78 is 4.99. The lowest BCUT2D eigenvalue weighted by Gasteiger charge is -2.38. The van der Waals surface area contributed by atoms with Crippen LogP contribution in [0, 0.1) is 5.92 Å². The average molecular weight is 236 g/mol. The minimum Gasteiger partial charge on any atom is -0.481 e. The molecule has 1 fully saturated rings. The van der Waals surface area contributed by atoms with Crippen LogP contribution in [0.2, 0.25) is 0 Å². The molecule has 5 nitrogen and oxygen atoms in total. The van der Waals surface area contributed by atoms with Crippen molar-refractivity contribution in [1.82, 2.24) is 9.88 Å². The molecule has 0 aliphatic carbocycles. The Morgan fingerprint density at radius 2 is 2.35 bits per heavy atom. The van der Waals surface area contributed by atoms with Gasteiger partial charge in [0.05, 0.1) is 13.5 Å². The number of pyridine rings is 1. The van der Waals surface area contributed by atoms with Gasteiger partial charge in [0, 0.05) is 31.9 Å². The van der Waals surface area contributed by atoms with Gasteiger partial charge in [-0.2, -0.15) is 0 Å². The Labute approximate surface area is 100 Å². The van der Waals surface area contributed by atoms with Crippen LogP contribution in [-0.4, -0.2) is 41.2 Å². The second kappa shape index (κ2) is 5.14. The molecule has 5 heteroatoms. The fourth-order valence-electron chi connectivity index (χ4n) is 2.07. The quantitative estimate of drug-likeness (QED) is 0.826. The zero-order valence-electron chi connectivity index (χ0n) is 9.80. The van der Waals surface area contributed by atoms with Gasteiger partial charge in [-0.05, 0) is 11.5 Å². The molecule has 1 aromatic heterocycles. The Bertz CT molecular complexity index is 385. The zero-order chi connectivity index (χ0) is 12.3. The van der Waals surface area contributed by atoms with Crippen LogP contribution in [0.3, 0.4) is 0 Å². The number of carbonyl (C=O) groups is 1. The number of rotatable bonds is 5. The van der Waals surface area contributed by atoms with Gasteiger partial charge < -0.3 is 9.84 Å². The van der Waals surface area contributed by atoms with Crippen LogP contribution >= 0.6 is 0 Å². The molecule has 1 aliphatic rings. The first kappa shape index (κ1) is 11.9. The van der Waals surface area contributed by atoms with Crippen molar-refractivity contribution in [3.63, 3.8) is 0 Å². The Kier molecular flexibility index (Phi) is 3.58. The molecule has 17 heavy (non-hydrogen) atoms. The predicted octanol–water partition coefficient (Wildman–Crippen LogP) is 0.997. The van der Waals surface area contributed by atoms with E-state index in [9.17, 15) is 4.79 Å². The highest BCUT2D eigenvalue weighted by atomic mass is 16.5. The summed E-state index contributed by atoms with van der Waals surface area (Å²) in [6, 6.07) is 3.82. The van der Waals surface area contributed by atoms with Crippen molar-refractivity contribution in [2.24, 2.45) is 5.92 Å². The third-order valence-electron chi connectivity index (χ3n) is 2.91. The zero-order valence-corrected chi connectivity index (χ0v) is 9.80. The summed E-state index contributed by atoms with van der Waals surface area (Å²) in [5.41, 5.74) is 1.12. The number of aromatic nitrogens is 1. The fraction of sp³-hybridized carbons (Fsp3) is 0.500. The van der Waals surface area contributed by atoms with E-state index in [2.05, 4.69) is 9.88 Å². The van der Waals surface area contributed by atoms with Crippen molar-refractivity contribution in [3.8, 4) is 5.88 Å². The summed E-state index contributed by atoms with van der Waals surface area (Å²) in [6.07, 6.45) is 2.07. The van der Waals surface area contributed by atoms with Gasteiger partial charge in [-0.25, -0.2) is 4.98 Å². The number of ether oxygens (including phenoxy) is 1. The third-order valence-corrected chi connectivity index (χ3v) is 2.91. The number of likely N-dealkylation sites (tertiary alicyclic amines) is 1. The summed E-state index contributed by atoms with van der Waals surface area (Å²) >= 11 is 0. The monoisotopic (exact) mass is 236 g/mol. The number of hydrogen-bond donors (Lipinski definition) is 1. The van der Waals surface area contributed by atoms with Crippen LogP contribution in [-0.2, 0) is 11.3 Å². The van der Waals surface area contributed by atoms with Gasteiger partial charge in [-0.3, -0.25) is 9.69 Å². The topological polar surface area (TPSA) is 62.7 Å². The third kappa shape index (κ3) is 3.17. The molecule has 0 atom stereocenters. The van der Waals surface area contributed by atoms with E-state index in [1.165, 1.54) is 0 Å². The molecule has 0 spiro atoms. The van der Waals surface area contributed by atoms with E-state index < -0.39 is 5.97 Å². The van der Waals surface area contributed by atoms with Crippen molar-refractivity contribution in [2.45, 2.75) is 13.0 Å². The molecular formula is C12H16N2O3. The number of carboxylic acids is 1. The SMILES string of the molecule is COc1ccc(CN2CC(CC(=O)O)C2)cn1. The van der Waals surface area contributed by atoms with E-state index >= 15 is 0 Å². The molecule has 1 aliphatic heterocycles. The molecule has 2 rings (SSSR count). The molecule has 0 bridgehead atoms. The molecule has 0 unspecified atom stereocenters. The maximum Gasteiger partial charge on any atom is 0.303 e. The Morgan fingerprint density at radius 1 is 1.59 bits per heavy atom. The maximum absolute atomic E-state index is 10.5. The molecular weight excluding hydrogens is 220 g/mol. The summed E-state index contributed by atoms with van der Waals surface area (Å²) in [6.45, 7) is 2.55. The van der Waals surface area contributed by atoms with Crippen molar-refractivity contribution in [2.75, 3.05) is 20.2 Å². The van der Waals surface area contributed by atoms with Gasteiger partial charge in [-0.1, -0.05) is 6.07 Å². The first-order valence-corrected chi connectivity index (χ1v) is 5.60.